The highest BCUT2D eigenvalue weighted by atomic mass is 19.4. The number of nitrogens with zero attached hydrogens (tertiary/aromatic N) is 1. The van der Waals surface area contributed by atoms with E-state index < -0.39 is 23.6 Å². The van der Waals surface area contributed by atoms with Crippen molar-refractivity contribution < 1.29 is 22.8 Å². The van der Waals surface area contributed by atoms with Gasteiger partial charge in [0.05, 0.1) is 11.5 Å². The fourth-order valence-electron chi connectivity index (χ4n) is 3.09. The lowest BCUT2D eigenvalue weighted by molar-refractivity contribution is -0.137. The molecule has 0 spiro atoms. The van der Waals surface area contributed by atoms with Crippen LogP contribution in [0, 0.1) is 5.92 Å². The summed E-state index contributed by atoms with van der Waals surface area (Å²) in [4.78, 5) is 26.1. The Bertz CT molecular complexity index is 821. The van der Waals surface area contributed by atoms with E-state index in [0.29, 0.717) is 13.0 Å². The molecule has 4 nitrogen and oxygen atoms in total. The van der Waals surface area contributed by atoms with Crippen molar-refractivity contribution in [3.8, 4) is 0 Å². The van der Waals surface area contributed by atoms with Crippen molar-refractivity contribution in [3.63, 3.8) is 0 Å². The summed E-state index contributed by atoms with van der Waals surface area (Å²) in [5, 5.41) is 2.49. The molecule has 1 atom stereocenters. The molecule has 1 N–H and O–H groups in total. The quantitative estimate of drug-likeness (QED) is 0.864. The fraction of sp³-hybridized carbons (Fsp3) is 0.300. The van der Waals surface area contributed by atoms with Crippen LogP contribution in [0.5, 0.6) is 0 Å². The van der Waals surface area contributed by atoms with Gasteiger partial charge in [-0.25, -0.2) is 0 Å². The van der Waals surface area contributed by atoms with E-state index in [-0.39, 0.29) is 24.6 Å². The first kappa shape index (κ1) is 18.9. The number of hydrogen-bond acceptors (Lipinski definition) is 2. The van der Waals surface area contributed by atoms with E-state index in [4.69, 9.17) is 0 Å². The van der Waals surface area contributed by atoms with Crippen LogP contribution < -0.4 is 5.32 Å². The highest BCUT2D eigenvalue weighted by Gasteiger charge is 2.34. The molecule has 0 radical (unpaired) electrons. The second-order valence-corrected chi connectivity index (χ2v) is 6.54. The number of amides is 2. The van der Waals surface area contributed by atoms with Crippen molar-refractivity contribution in [2.75, 3.05) is 18.4 Å². The van der Waals surface area contributed by atoms with Gasteiger partial charge in [0.1, 0.15) is 0 Å². The Hall–Kier alpha value is -2.83. The van der Waals surface area contributed by atoms with Gasteiger partial charge < -0.3 is 10.2 Å². The standard InChI is InChI=1S/C20H19F3N2O2/c21-20(22,23)16-7-4-8-17(12-16)24-19(27)15-11-18(26)25(13-15)10-9-14-5-2-1-3-6-14/h1-8,12,15H,9-11,13H2,(H,24,27)/t15-/m0/s1. The van der Waals surface area contributed by atoms with E-state index in [1.165, 1.54) is 12.1 Å². The van der Waals surface area contributed by atoms with E-state index in [0.717, 1.165) is 17.7 Å². The van der Waals surface area contributed by atoms with Crippen LogP contribution in [-0.2, 0) is 22.2 Å². The number of carbonyl (C=O) groups is 2. The van der Waals surface area contributed by atoms with Crippen LogP contribution in [-0.4, -0.2) is 29.8 Å². The molecule has 1 heterocycles. The average Bonchev–Trinajstić information content (AvgIpc) is 3.01. The van der Waals surface area contributed by atoms with Gasteiger partial charge in [-0.05, 0) is 30.2 Å². The minimum atomic E-state index is -4.47. The topological polar surface area (TPSA) is 49.4 Å². The Labute approximate surface area is 155 Å². The van der Waals surface area contributed by atoms with Crippen molar-refractivity contribution in [2.24, 2.45) is 5.92 Å². The summed E-state index contributed by atoms with van der Waals surface area (Å²) < 4.78 is 38.3. The Morgan fingerprint density at radius 3 is 2.56 bits per heavy atom. The van der Waals surface area contributed by atoms with Gasteiger partial charge in [-0.15, -0.1) is 0 Å². The molecular weight excluding hydrogens is 357 g/mol. The van der Waals surface area contributed by atoms with Gasteiger partial charge >= 0.3 is 6.18 Å². The van der Waals surface area contributed by atoms with Crippen LogP contribution in [0.2, 0.25) is 0 Å². The van der Waals surface area contributed by atoms with Gasteiger partial charge in [-0.1, -0.05) is 36.4 Å². The number of hydrogen-bond donors (Lipinski definition) is 1. The van der Waals surface area contributed by atoms with Crippen LogP contribution >= 0.6 is 0 Å². The van der Waals surface area contributed by atoms with Crippen molar-refractivity contribution in [2.45, 2.75) is 19.0 Å². The summed E-state index contributed by atoms with van der Waals surface area (Å²) >= 11 is 0. The zero-order chi connectivity index (χ0) is 19.4. The smallest absolute Gasteiger partial charge is 0.342 e. The van der Waals surface area contributed by atoms with Crippen molar-refractivity contribution in [3.05, 3.63) is 65.7 Å². The van der Waals surface area contributed by atoms with E-state index >= 15 is 0 Å². The molecule has 7 heteroatoms. The summed E-state index contributed by atoms with van der Waals surface area (Å²) in [6, 6.07) is 14.2. The molecule has 3 rings (SSSR count). The minimum Gasteiger partial charge on any atom is -0.342 e. The molecule has 0 aromatic heterocycles. The van der Waals surface area contributed by atoms with Crippen LogP contribution in [0.4, 0.5) is 18.9 Å². The molecule has 0 unspecified atom stereocenters. The van der Waals surface area contributed by atoms with E-state index in [2.05, 4.69) is 5.32 Å². The predicted octanol–water partition coefficient (Wildman–Crippen LogP) is 3.74. The Morgan fingerprint density at radius 1 is 1.11 bits per heavy atom. The third-order valence-electron chi connectivity index (χ3n) is 4.56. The summed E-state index contributed by atoms with van der Waals surface area (Å²) in [7, 11) is 0. The summed E-state index contributed by atoms with van der Waals surface area (Å²) in [5.74, 6) is -1.12. The first-order valence-corrected chi connectivity index (χ1v) is 8.63. The van der Waals surface area contributed by atoms with Crippen LogP contribution in [0.25, 0.3) is 0 Å². The lowest BCUT2D eigenvalue weighted by atomic mass is 10.1. The lowest BCUT2D eigenvalue weighted by Crippen LogP contribution is -2.30. The fourth-order valence-corrected chi connectivity index (χ4v) is 3.09. The Kier molecular flexibility index (Phi) is 5.48. The SMILES string of the molecule is O=C(Nc1cccc(C(F)(F)F)c1)[C@H]1CC(=O)N(CCc2ccccc2)C1. The number of alkyl halides is 3. The molecule has 2 aromatic rings. The molecule has 0 saturated carbocycles. The van der Waals surface area contributed by atoms with Crippen molar-refractivity contribution >= 4 is 17.5 Å². The monoisotopic (exact) mass is 376 g/mol. The maximum Gasteiger partial charge on any atom is 0.416 e. The highest BCUT2D eigenvalue weighted by Crippen LogP contribution is 2.31. The lowest BCUT2D eigenvalue weighted by Gasteiger charge is -2.17. The molecule has 2 aromatic carbocycles. The van der Waals surface area contributed by atoms with Gasteiger partial charge in [0.15, 0.2) is 0 Å². The van der Waals surface area contributed by atoms with Crippen LogP contribution in [0.1, 0.15) is 17.5 Å². The summed E-state index contributed by atoms with van der Waals surface area (Å²) in [5.41, 5.74) is 0.347. The molecule has 1 aliphatic rings. The Balaban J connectivity index is 1.57. The van der Waals surface area contributed by atoms with E-state index in [9.17, 15) is 22.8 Å². The molecule has 142 valence electrons. The molecule has 27 heavy (non-hydrogen) atoms. The largest absolute Gasteiger partial charge is 0.416 e. The first-order valence-electron chi connectivity index (χ1n) is 8.63. The number of halogens is 3. The first-order chi connectivity index (χ1) is 12.8. The number of anilines is 1. The molecule has 2 amide bonds. The van der Waals surface area contributed by atoms with Crippen molar-refractivity contribution in [1.29, 1.82) is 0 Å². The number of nitrogens with one attached hydrogen (secondary N) is 1. The molecule has 1 saturated heterocycles. The zero-order valence-electron chi connectivity index (χ0n) is 14.5. The average molecular weight is 376 g/mol. The van der Waals surface area contributed by atoms with Crippen LogP contribution in [0.3, 0.4) is 0 Å². The third kappa shape index (κ3) is 4.87. The summed E-state index contributed by atoms with van der Waals surface area (Å²) in [6.45, 7) is 0.784. The minimum absolute atomic E-state index is 0.0690. The predicted molar refractivity (Wildman–Crippen MR) is 94.9 cm³/mol. The normalized spacial score (nSPS) is 17.2. The summed E-state index contributed by atoms with van der Waals surface area (Å²) in [6.07, 6.45) is -3.72. The van der Waals surface area contributed by atoms with Gasteiger partial charge in [0.25, 0.3) is 0 Å². The highest BCUT2D eigenvalue weighted by molar-refractivity contribution is 5.97. The molecule has 0 aliphatic carbocycles. The number of likely N-dealkylation sites (tertiary alicyclic amines) is 1. The zero-order valence-corrected chi connectivity index (χ0v) is 14.5. The van der Waals surface area contributed by atoms with Crippen LogP contribution in [0.15, 0.2) is 54.6 Å². The second kappa shape index (κ2) is 7.82. The maximum atomic E-state index is 12.8. The number of carbonyl (C=O) groups excluding carboxylic acids is 2. The molecule has 1 fully saturated rings. The Morgan fingerprint density at radius 2 is 1.85 bits per heavy atom. The third-order valence-corrected chi connectivity index (χ3v) is 4.56. The maximum absolute atomic E-state index is 12.8. The van der Waals surface area contributed by atoms with Gasteiger partial charge in [-0.2, -0.15) is 13.2 Å². The molecular formula is C20H19F3N2O2. The molecule has 0 bridgehead atoms. The number of rotatable bonds is 5. The van der Waals surface area contributed by atoms with E-state index in [1.807, 2.05) is 30.3 Å². The van der Waals surface area contributed by atoms with E-state index in [1.54, 1.807) is 4.90 Å². The van der Waals surface area contributed by atoms with Crippen molar-refractivity contribution in [1.82, 2.24) is 4.90 Å². The van der Waals surface area contributed by atoms with Gasteiger partial charge in [0, 0.05) is 25.2 Å². The van der Waals surface area contributed by atoms with Gasteiger partial charge in [-0.3, -0.25) is 9.59 Å². The second-order valence-electron chi connectivity index (χ2n) is 6.54. The molecule has 1 aliphatic heterocycles. The van der Waals surface area contributed by atoms with Gasteiger partial charge in [0.2, 0.25) is 11.8 Å². The number of benzene rings is 2.